The number of β-amino-alcohol motifs (C(OH)–C–C–N with tert-alkyl or cyclic N) is 1. The van der Waals surface area contributed by atoms with Crippen LogP contribution in [0.25, 0.3) is 0 Å². The minimum absolute atomic E-state index is 0.118. The number of aliphatic hydroxyl groups is 1. The summed E-state index contributed by atoms with van der Waals surface area (Å²) in [6.45, 7) is 7.54. The quantitative estimate of drug-likeness (QED) is 0.867. The lowest BCUT2D eigenvalue weighted by molar-refractivity contribution is 0.0419. The molecule has 2 atom stereocenters. The number of hydrogen-bond donors (Lipinski definition) is 2. The highest BCUT2D eigenvalue weighted by Gasteiger charge is 2.32. The van der Waals surface area contributed by atoms with Crippen molar-refractivity contribution in [3.63, 3.8) is 0 Å². The van der Waals surface area contributed by atoms with E-state index < -0.39 is 0 Å². The van der Waals surface area contributed by atoms with Gasteiger partial charge < -0.3 is 15.3 Å². The minimum atomic E-state index is -0.149. The fraction of sp³-hybridized carbons (Fsp3) is 0.647. The summed E-state index contributed by atoms with van der Waals surface area (Å²) in [6.07, 6.45) is 1.90. The Labute approximate surface area is 123 Å². The van der Waals surface area contributed by atoms with Crippen LogP contribution >= 0.6 is 0 Å². The molecule has 0 bridgehead atoms. The Balaban J connectivity index is 2.07. The Morgan fingerprint density at radius 1 is 1.35 bits per heavy atom. The summed E-state index contributed by atoms with van der Waals surface area (Å²) in [5.74, 6) is 0. The van der Waals surface area contributed by atoms with Crippen molar-refractivity contribution in [3.8, 4) is 0 Å². The molecule has 0 aliphatic carbocycles. The van der Waals surface area contributed by atoms with Crippen molar-refractivity contribution in [1.82, 2.24) is 10.2 Å². The van der Waals surface area contributed by atoms with E-state index in [1.54, 1.807) is 0 Å². The Kier molecular flexibility index (Phi) is 5.19. The number of aliphatic hydroxyl groups excluding tert-OH is 1. The predicted octanol–water partition coefficient (Wildman–Crippen LogP) is 2.43. The van der Waals surface area contributed by atoms with Crippen molar-refractivity contribution in [2.24, 2.45) is 5.41 Å². The number of rotatable bonds is 5. The van der Waals surface area contributed by atoms with Gasteiger partial charge in [-0.15, -0.1) is 0 Å². The van der Waals surface area contributed by atoms with E-state index in [1.165, 1.54) is 5.56 Å². The third kappa shape index (κ3) is 3.81. The number of nitrogens with one attached hydrogen (secondary N) is 1. The van der Waals surface area contributed by atoms with E-state index in [2.05, 4.69) is 54.4 Å². The van der Waals surface area contributed by atoms with Gasteiger partial charge in [0.15, 0.2) is 0 Å². The van der Waals surface area contributed by atoms with Gasteiger partial charge in [0, 0.05) is 19.1 Å². The molecule has 1 saturated heterocycles. The molecule has 1 heterocycles. The lowest BCUT2D eigenvalue weighted by Crippen LogP contribution is -2.46. The largest absolute Gasteiger partial charge is 0.392 e. The zero-order chi connectivity index (χ0) is 14.6. The van der Waals surface area contributed by atoms with Crippen LogP contribution in [0.4, 0.5) is 0 Å². The highest BCUT2D eigenvalue weighted by Crippen LogP contribution is 2.34. The molecule has 0 amide bonds. The van der Waals surface area contributed by atoms with Gasteiger partial charge in [0.1, 0.15) is 0 Å². The second-order valence-electron chi connectivity index (χ2n) is 6.65. The summed E-state index contributed by atoms with van der Waals surface area (Å²) in [6, 6.07) is 11.0. The van der Waals surface area contributed by atoms with Gasteiger partial charge in [-0.3, -0.25) is 0 Å². The molecule has 1 aromatic rings. The highest BCUT2D eigenvalue weighted by molar-refractivity contribution is 5.21. The first kappa shape index (κ1) is 15.5. The molecule has 2 rings (SSSR count). The van der Waals surface area contributed by atoms with Crippen molar-refractivity contribution in [2.45, 2.75) is 38.8 Å². The minimum Gasteiger partial charge on any atom is -0.392 e. The third-order valence-corrected chi connectivity index (χ3v) is 4.31. The molecule has 1 fully saturated rings. The first-order valence-electron chi connectivity index (χ1n) is 7.65. The predicted molar refractivity (Wildman–Crippen MR) is 83.7 cm³/mol. The van der Waals surface area contributed by atoms with Crippen molar-refractivity contribution >= 4 is 0 Å². The fourth-order valence-corrected chi connectivity index (χ4v) is 3.50. The normalized spacial score (nSPS) is 22.7. The van der Waals surface area contributed by atoms with Crippen LogP contribution in [0.1, 0.15) is 38.3 Å². The van der Waals surface area contributed by atoms with E-state index in [0.29, 0.717) is 6.04 Å². The Hall–Kier alpha value is -0.900. The van der Waals surface area contributed by atoms with Crippen molar-refractivity contribution in [3.05, 3.63) is 35.9 Å². The summed E-state index contributed by atoms with van der Waals surface area (Å²) in [5.41, 5.74) is 1.45. The molecule has 1 aromatic carbocycles. The van der Waals surface area contributed by atoms with E-state index in [4.69, 9.17) is 0 Å². The maximum atomic E-state index is 9.83. The summed E-state index contributed by atoms with van der Waals surface area (Å²) >= 11 is 0. The molecule has 0 spiro atoms. The van der Waals surface area contributed by atoms with E-state index >= 15 is 0 Å². The molecule has 3 heteroatoms. The van der Waals surface area contributed by atoms with Crippen LogP contribution < -0.4 is 5.32 Å². The molecule has 1 aliphatic rings. The molecule has 0 radical (unpaired) electrons. The van der Waals surface area contributed by atoms with Crippen LogP contribution in [0.5, 0.6) is 0 Å². The molecular formula is C17H28N2O. The second-order valence-corrected chi connectivity index (χ2v) is 6.65. The van der Waals surface area contributed by atoms with Gasteiger partial charge in [0.05, 0.1) is 6.10 Å². The Bertz CT molecular complexity index is 405. The SMILES string of the molecule is CNC(c1ccccc1)C(C)(C)CN1CCCC(O)C1. The van der Waals surface area contributed by atoms with Gasteiger partial charge in [0.2, 0.25) is 0 Å². The topological polar surface area (TPSA) is 35.5 Å². The zero-order valence-electron chi connectivity index (χ0n) is 13.0. The molecule has 3 nitrogen and oxygen atoms in total. The maximum absolute atomic E-state index is 9.83. The molecular weight excluding hydrogens is 248 g/mol. The van der Waals surface area contributed by atoms with Crippen LogP contribution in [-0.2, 0) is 0 Å². The van der Waals surface area contributed by atoms with Gasteiger partial charge in [-0.2, -0.15) is 0 Å². The van der Waals surface area contributed by atoms with Crippen LogP contribution in [0.15, 0.2) is 30.3 Å². The summed E-state index contributed by atoms with van der Waals surface area (Å²) in [5, 5.41) is 13.3. The van der Waals surface area contributed by atoms with Crippen molar-refractivity contribution in [2.75, 3.05) is 26.7 Å². The van der Waals surface area contributed by atoms with Crippen LogP contribution in [0, 0.1) is 5.41 Å². The third-order valence-electron chi connectivity index (χ3n) is 4.31. The van der Waals surface area contributed by atoms with Crippen LogP contribution in [-0.4, -0.2) is 42.8 Å². The van der Waals surface area contributed by atoms with Crippen molar-refractivity contribution < 1.29 is 5.11 Å². The molecule has 2 unspecified atom stereocenters. The lowest BCUT2D eigenvalue weighted by Gasteiger charge is -2.41. The number of likely N-dealkylation sites (tertiary alicyclic amines) is 1. The summed E-state index contributed by atoms with van der Waals surface area (Å²) < 4.78 is 0. The van der Waals surface area contributed by atoms with E-state index in [9.17, 15) is 5.11 Å². The lowest BCUT2D eigenvalue weighted by atomic mass is 9.79. The average molecular weight is 276 g/mol. The van der Waals surface area contributed by atoms with Gasteiger partial charge in [0.25, 0.3) is 0 Å². The molecule has 20 heavy (non-hydrogen) atoms. The fourth-order valence-electron chi connectivity index (χ4n) is 3.50. The van der Waals surface area contributed by atoms with E-state index in [0.717, 1.165) is 32.5 Å². The Morgan fingerprint density at radius 3 is 2.65 bits per heavy atom. The van der Waals surface area contributed by atoms with Gasteiger partial charge in [-0.25, -0.2) is 0 Å². The van der Waals surface area contributed by atoms with Gasteiger partial charge >= 0.3 is 0 Å². The molecule has 0 saturated carbocycles. The summed E-state index contributed by atoms with van der Waals surface area (Å²) in [7, 11) is 2.03. The molecule has 0 aromatic heterocycles. The molecule has 2 N–H and O–H groups in total. The Morgan fingerprint density at radius 2 is 2.05 bits per heavy atom. The van der Waals surface area contributed by atoms with E-state index in [1.807, 2.05) is 7.05 Å². The van der Waals surface area contributed by atoms with Gasteiger partial charge in [-0.1, -0.05) is 44.2 Å². The smallest absolute Gasteiger partial charge is 0.0667 e. The van der Waals surface area contributed by atoms with Gasteiger partial charge in [-0.05, 0) is 37.4 Å². The number of hydrogen-bond acceptors (Lipinski definition) is 3. The zero-order valence-corrected chi connectivity index (χ0v) is 13.0. The average Bonchev–Trinajstić information content (AvgIpc) is 2.39. The van der Waals surface area contributed by atoms with Crippen LogP contribution in [0.2, 0.25) is 0 Å². The highest BCUT2D eigenvalue weighted by atomic mass is 16.3. The molecule has 112 valence electrons. The first-order valence-corrected chi connectivity index (χ1v) is 7.65. The van der Waals surface area contributed by atoms with Crippen molar-refractivity contribution in [1.29, 1.82) is 0 Å². The maximum Gasteiger partial charge on any atom is 0.0667 e. The number of nitrogens with zero attached hydrogens (tertiary/aromatic N) is 1. The summed E-state index contributed by atoms with van der Waals surface area (Å²) in [4.78, 5) is 2.40. The van der Waals surface area contributed by atoms with E-state index in [-0.39, 0.29) is 11.5 Å². The molecule has 1 aliphatic heterocycles. The monoisotopic (exact) mass is 276 g/mol. The second kappa shape index (κ2) is 6.70. The first-order chi connectivity index (χ1) is 9.53. The number of benzene rings is 1. The number of piperidine rings is 1. The van der Waals surface area contributed by atoms with Crippen LogP contribution in [0.3, 0.4) is 0 Å². The standard InChI is InChI=1S/C17H28N2O/c1-17(2,13-19-11-7-10-15(20)12-19)16(18-3)14-8-5-4-6-9-14/h4-6,8-9,15-16,18,20H,7,10-13H2,1-3H3.